The van der Waals surface area contributed by atoms with Crippen LogP contribution in [0.25, 0.3) is 6.08 Å². The maximum absolute atomic E-state index is 13.8. The van der Waals surface area contributed by atoms with Gasteiger partial charge in [-0.2, -0.15) is 0 Å². The first-order valence-electron chi connectivity index (χ1n) is 9.11. The standard InChI is InChI=1S/C19H22FN3O3S2/c20-15-5-2-1-4-14(15)12-16-18(25)23(19(27)28-16)13-17(24)21-6-3-7-22-8-10-26-11-9-22/h1-2,4-5,12H,3,6-11,13H2,(H,21,24). The normalized spacial score (nSPS) is 19.5. The van der Waals surface area contributed by atoms with Crippen molar-refractivity contribution in [2.45, 2.75) is 6.42 Å². The van der Waals surface area contributed by atoms with Crippen LogP contribution in [-0.4, -0.2) is 71.9 Å². The van der Waals surface area contributed by atoms with E-state index in [1.807, 2.05) is 0 Å². The Morgan fingerprint density at radius 3 is 2.82 bits per heavy atom. The summed E-state index contributed by atoms with van der Waals surface area (Å²) in [4.78, 5) is 28.6. The number of thioether (sulfide) groups is 1. The Balaban J connectivity index is 1.47. The first-order valence-corrected chi connectivity index (χ1v) is 10.3. The first-order chi connectivity index (χ1) is 13.5. The van der Waals surface area contributed by atoms with E-state index in [2.05, 4.69) is 10.2 Å². The van der Waals surface area contributed by atoms with E-state index in [1.54, 1.807) is 18.2 Å². The van der Waals surface area contributed by atoms with Gasteiger partial charge in [-0.15, -0.1) is 0 Å². The Morgan fingerprint density at radius 2 is 2.07 bits per heavy atom. The number of thiocarbonyl (C=S) groups is 1. The smallest absolute Gasteiger partial charge is 0.266 e. The van der Waals surface area contributed by atoms with Crippen molar-refractivity contribution in [2.24, 2.45) is 0 Å². The zero-order valence-corrected chi connectivity index (χ0v) is 17.0. The number of carbonyl (C=O) groups is 2. The molecule has 0 radical (unpaired) electrons. The van der Waals surface area contributed by atoms with Crippen LogP contribution in [0.3, 0.4) is 0 Å². The van der Waals surface area contributed by atoms with Gasteiger partial charge in [-0.1, -0.05) is 42.2 Å². The molecule has 0 bridgehead atoms. The van der Waals surface area contributed by atoms with Crippen molar-refractivity contribution in [1.82, 2.24) is 15.1 Å². The minimum Gasteiger partial charge on any atom is -0.379 e. The van der Waals surface area contributed by atoms with E-state index in [4.69, 9.17) is 17.0 Å². The summed E-state index contributed by atoms with van der Waals surface area (Å²) in [6, 6.07) is 6.20. The highest BCUT2D eigenvalue weighted by molar-refractivity contribution is 8.26. The molecule has 1 aromatic carbocycles. The molecular weight excluding hydrogens is 401 g/mol. The molecule has 28 heavy (non-hydrogen) atoms. The fourth-order valence-electron chi connectivity index (χ4n) is 2.92. The number of amides is 2. The zero-order valence-electron chi connectivity index (χ0n) is 15.4. The lowest BCUT2D eigenvalue weighted by Crippen LogP contribution is -2.41. The van der Waals surface area contributed by atoms with Gasteiger partial charge in [0.25, 0.3) is 5.91 Å². The highest BCUT2D eigenvalue weighted by Crippen LogP contribution is 2.32. The summed E-state index contributed by atoms with van der Waals surface area (Å²) in [6.45, 7) is 4.64. The van der Waals surface area contributed by atoms with E-state index in [1.165, 1.54) is 17.0 Å². The Labute approximate surface area is 173 Å². The Morgan fingerprint density at radius 1 is 1.32 bits per heavy atom. The topological polar surface area (TPSA) is 61.9 Å². The molecule has 2 heterocycles. The number of nitrogens with one attached hydrogen (secondary N) is 1. The van der Waals surface area contributed by atoms with Crippen molar-refractivity contribution in [2.75, 3.05) is 45.9 Å². The van der Waals surface area contributed by atoms with E-state index < -0.39 is 5.82 Å². The minimum atomic E-state index is -0.411. The average Bonchev–Trinajstić information content (AvgIpc) is 2.95. The quantitative estimate of drug-likeness (QED) is 0.410. The molecule has 6 nitrogen and oxygen atoms in total. The number of halogens is 1. The molecule has 3 rings (SSSR count). The summed E-state index contributed by atoms with van der Waals surface area (Å²) in [7, 11) is 0. The summed E-state index contributed by atoms with van der Waals surface area (Å²) in [5, 5.41) is 2.82. The van der Waals surface area contributed by atoms with Crippen LogP contribution in [0.2, 0.25) is 0 Å². The Hall–Kier alpha value is -1.81. The van der Waals surface area contributed by atoms with Crippen LogP contribution in [0.4, 0.5) is 4.39 Å². The van der Waals surface area contributed by atoms with Crippen molar-refractivity contribution < 1.29 is 18.7 Å². The number of benzene rings is 1. The zero-order chi connectivity index (χ0) is 19.9. The Bertz CT molecular complexity index is 781. The van der Waals surface area contributed by atoms with Crippen molar-refractivity contribution in [3.63, 3.8) is 0 Å². The van der Waals surface area contributed by atoms with Gasteiger partial charge in [0.05, 0.1) is 18.1 Å². The van der Waals surface area contributed by atoms with Crippen LogP contribution in [0, 0.1) is 5.82 Å². The fraction of sp³-hybridized carbons (Fsp3) is 0.421. The fourth-order valence-corrected chi connectivity index (χ4v) is 4.17. The summed E-state index contributed by atoms with van der Waals surface area (Å²) in [5.74, 6) is -1.04. The number of hydrogen-bond acceptors (Lipinski definition) is 6. The van der Waals surface area contributed by atoms with Gasteiger partial charge in [0.15, 0.2) is 0 Å². The number of ether oxygens (including phenoxy) is 1. The summed E-state index contributed by atoms with van der Waals surface area (Å²) in [5.41, 5.74) is 0.315. The molecule has 0 unspecified atom stereocenters. The van der Waals surface area contributed by atoms with Crippen molar-refractivity contribution >= 4 is 46.2 Å². The van der Waals surface area contributed by atoms with Gasteiger partial charge in [0.1, 0.15) is 16.7 Å². The van der Waals surface area contributed by atoms with Gasteiger partial charge >= 0.3 is 0 Å². The third-order valence-corrected chi connectivity index (χ3v) is 5.82. The number of hydrogen-bond donors (Lipinski definition) is 1. The van der Waals surface area contributed by atoms with Crippen LogP contribution < -0.4 is 5.32 Å². The molecule has 2 aliphatic heterocycles. The predicted molar refractivity (Wildman–Crippen MR) is 111 cm³/mol. The molecule has 0 atom stereocenters. The van der Waals surface area contributed by atoms with Crippen molar-refractivity contribution in [3.05, 3.63) is 40.6 Å². The lowest BCUT2D eigenvalue weighted by Gasteiger charge is -2.26. The van der Waals surface area contributed by atoms with Crippen LogP contribution in [0.15, 0.2) is 29.2 Å². The molecule has 2 fully saturated rings. The lowest BCUT2D eigenvalue weighted by molar-refractivity contribution is -0.128. The van der Waals surface area contributed by atoms with Crippen molar-refractivity contribution in [3.8, 4) is 0 Å². The number of rotatable bonds is 7. The van der Waals surface area contributed by atoms with Crippen LogP contribution in [-0.2, 0) is 14.3 Å². The third-order valence-electron chi connectivity index (χ3n) is 4.44. The van der Waals surface area contributed by atoms with Gasteiger partial charge < -0.3 is 10.1 Å². The van der Waals surface area contributed by atoms with Gasteiger partial charge in [-0.25, -0.2) is 4.39 Å². The molecule has 2 amide bonds. The average molecular weight is 424 g/mol. The van der Waals surface area contributed by atoms with E-state index in [-0.39, 0.29) is 18.4 Å². The number of morpholine rings is 1. The van der Waals surface area contributed by atoms with Gasteiger partial charge in [-0.05, 0) is 25.1 Å². The summed E-state index contributed by atoms with van der Waals surface area (Å²) < 4.78 is 19.4. The highest BCUT2D eigenvalue weighted by atomic mass is 32.2. The maximum atomic E-state index is 13.8. The molecule has 0 spiro atoms. The molecular formula is C19H22FN3O3S2. The van der Waals surface area contributed by atoms with E-state index in [9.17, 15) is 14.0 Å². The van der Waals surface area contributed by atoms with Gasteiger partial charge in [0, 0.05) is 25.2 Å². The number of carbonyl (C=O) groups excluding carboxylic acids is 2. The molecule has 1 aromatic rings. The van der Waals surface area contributed by atoms with Crippen molar-refractivity contribution in [1.29, 1.82) is 0 Å². The molecule has 0 aliphatic carbocycles. The second kappa shape index (κ2) is 10.1. The lowest BCUT2D eigenvalue weighted by atomic mass is 10.2. The van der Waals surface area contributed by atoms with Gasteiger partial charge in [0.2, 0.25) is 5.91 Å². The molecule has 0 aromatic heterocycles. The molecule has 2 saturated heterocycles. The third kappa shape index (κ3) is 5.60. The van der Waals surface area contributed by atoms with Crippen LogP contribution in [0.5, 0.6) is 0 Å². The molecule has 0 saturated carbocycles. The molecule has 150 valence electrons. The van der Waals surface area contributed by atoms with E-state index in [0.29, 0.717) is 21.3 Å². The number of nitrogens with zero attached hydrogens (tertiary/aromatic N) is 2. The minimum absolute atomic E-state index is 0.128. The van der Waals surface area contributed by atoms with E-state index >= 15 is 0 Å². The summed E-state index contributed by atoms with van der Waals surface area (Å²) >= 11 is 6.30. The largest absolute Gasteiger partial charge is 0.379 e. The SMILES string of the molecule is O=C(CN1C(=O)C(=Cc2ccccc2F)SC1=S)NCCCN1CCOCC1. The second-order valence-electron chi connectivity index (χ2n) is 6.45. The Kier molecular flexibility index (Phi) is 7.55. The summed E-state index contributed by atoms with van der Waals surface area (Å²) in [6.07, 6.45) is 2.30. The van der Waals surface area contributed by atoms with Gasteiger partial charge in [-0.3, -0.25) is 19.4 Å². The first kappa shape index (κ1) is 20.9. The predicted octanol–water partition coefficient (Wildman–Crippen LogP) is 1.87. The molecule has 1 N–H and O–H groups in total. The highest BCUT2D eigenvalue weighted by Gasteiger charge is 2.33. The maximum Gasteiger partial charge on any atom is 0.266 e. The second-order valence-corrected chi connectivity index (χ2v) is 8.12. The van der Waals surface area contributed by atoms with E-state index in [0.717, 1.165) is 51.0 Å². The van der Waals surface area contributed by atoms with Crippen LogP contribution >= 0.6 is 24.0 Å². The monoisotopic (exact) mass is 423 g/mol. The van der Waals surface area contributed by atoms with Crippen LogP contribution in [0.1, 0.15) is 12.0 Å². The molecule has 2 aliphatic rings. The molecule has 9 heteroatoms.